The fourth-order valence-corrected chi connectivity index (χ4v) is 2.53. The minimum absolute atomic E-state index is 0.122. The van der Waals surface area contributed by atoms with E-state index in [9.17, 15) is 9.18 Å². The molecule has 5 heteroatoms. The van der Waals surface area contributed by atoms with Crippen molar-refractivity contribution in [3.05, 3.63) is 58.4 Å². The third kappa shape index (κ3) is 4.46. The van der Waals surface area contributed by atoms with Crippen LogP contribution in [0, 0.1) is 19.7 Å². The topological polar surface area (TPSA) is 41.1 Å². The Kier molecular flexibility index (Phi) is 5.39. The summed E-state index contributed by atoms with van der Waals surface area (Å²) < 4.78 is 12.8. The molecule has 116 valence electrons. The maximum absolute atomic E-state index is 12.8. The molecule has 1 amide bonds. The van der Waals surface area contributed by atoms with Crippen molar-refractivity contribution < 1.29 is 9.18 Å². The standard InChI is InChI=1S/C17H18ClFN2O/c1-11-9-12(2)17(15(18)10-11)21-16(22)7-8-20-14-5-3-13(19)4-6-14/h3-6,9-10,20H,7-8H2,1-2H3,(H,21,22). The Morgan fingerprint density at radius 1 is 1.18 bits per heavy atom. The summed E-state index contributed by atoms with van der Waals surface area (Å²) in [5, 5.41) is 6.44. The summed E-state index contributed by atoms with van der Waals surface area (Å²) in [4.78, 5) is 12.0. The summed E-state index contributed by atoms with van der Waals surface area (Å²) in [6.07, 6.45) is 0.293. The maximum Gasteiger partial charge on any atom is 0.226 e. The van der Waals surface area contributed by atoms with Crippen LogP contribution in [0.4, 0.5) is 15.8 Å². The molecule has 0 aromatic heterocycles. The Bertz CT molecular complexity index is 648. The average Bonchev–Trinajstić information content (AvgIpc) is 2.45. The molecular weight excluding hydrogens is 303 g/mol. The molecule has 0 bridgehead atoms. The van der Waals surface area contributed by atoms with Gasteiger partial charge < -0.3 is 10.6 Å². The lowest BCUT2D eigenvalue weighted by molar-refractivity contribution is -0.115. The zero-order valence-corrected chi connectivity index (χ0v) is 13.3. The Morgan fingerprint density at radius 3 is 2.50 bits per heavy atom. The highest BCUT2D eigenvalue weighted by molar-refractivity contribution is 6.34. The summed E-state index contributed by atoms with van der Waals surface area (Å²) in [6, 6.07) is 9.80. The molecule has 0 heterocycles. The van der Waals surface area contributed by atoms with Crippen molar-refractivity contribution in [2.75, 3.05) is 17.2 Å². The van der Waals surface area contributed by atoms with E-state index in [-0.39, 0.29) is 11.7 Å². The second-order valence-corrected chi connectivity index (χ2v) is 5.58. The lowest BCUT2D eigenvalue weighted by Gasteiger charge is -2.12. The SMILES string of the molecule is Cc1cc(C)c(NC(=O)CCNc2ccc(F)cc2)c(Cl)c1. The third-order valence-electron chi connectivity index (χ3n) is 3.22. The van der Waals surface area contributed by atoms with Crippen molar-refractivity contribution in [1.82, 2.24) is 0 Å². The summed E-state index contributed by atoms with van der Waals surface area (Å²) in [6.45, 7) is 4.32. The van der Waals surface area contributed by atoms with E-state index >= 15 is 0 Å². The van der Waals surface area contributed by atoms with Gasteiger partial charge in [-0.3, -0.25) is 4.79 Å². The number of hydrogen-bond donors (Lipinski definition) is 2. The monoisotopic (exact) mass is 320 g/mol. The smallest absolute Gasteiger partial charge is 0.226 e. The predicted octanol–water partition coefficient (Wildman–Crippen LogP) is 4.54. The molecule has 2 N–H and O–H groups in total. The van der Waals surface area contributed by atoms with E-state index in [4.69, 9.17) is 11.6 Å². The molecule has 0 aliphatic carbocycles. The predicted molar refractivity (Wildman–Crippen MR) is 89.1 cm³/mol. The van der Waals surface area contributed by atoms with Gasteiger partial charge in [-0.05, 0) is 55.3 Å². The maximum atomic E-state index is 12.8. The van der Waals surface area contributed by atoms with Gasteiger partial charge in [0.1, 0.15) is 5.82 Å². The zero-order valence-electron chi connectivity index (χ0n) is 12.5. The highest BCUT2D eigenvalue weighted by Crippen LogP contribution is 2.27. The highest BCUT2D eigenvalue weighted by atomic mass is 35.5. The molecule has 0 aliphatic rings. The molecule has 22 heavy (non-hydrogen) atoms. The number of anilines is 2. The number of halogens is 2. The van der Waals surface area contributed by atoms with Crippen molar-refractivity contribution >= 4 is 28.9 Å². The van der Waals surface area contributed by atoms with E-state index < -0.39 is 0 Å². The first-order valence-electron chi connectivity index (χ1n) is 7.02. The van der Waals surface area contributed by atoms with Crippen LogP contribution in [0.25, 0.3) is 0 Å². The van der Waals surface area contributed by atoms with E-state index in [0.29, 0.717) is 23.7 Å². The van der Waals surface area contributed by atoms with Gasteiger partial charge in [0.2, 0.25) is 5.91 Å². The van der Waals surface area contributed by atoms with Crippen LogP contribution in [0.2, 0.25) is 5.02 Å². The number of carbonyl (C=O) groups excluding carboxylic acids is 1. The molecule has 0 unspecified atom stereocenters. The normalized spacial score (nSPS) is 10.4. The van der Waals surface area contributed by atoms with Crippen LogP contribution in [-0.2, 0) is 4.79 Å². The van der Waals surface area contributed by atoms with Gasteiger partial charge in [-0.15, -0.1) is 0 Å². The Morgan fingerprint density at radius 2 is 1.86 bits per heavy atom. The zero-order chi connectivity index (χ0) is 16.1. The molecule has 0 saturated heterocycles. The molecule has 0 saturated carbocycles. The first kappa shape index (κ1) is 16.3. The van der Waals surface area contributed by atoms with E-state index in [1.165, 1.54) is 12.1 Å². The van der Waals surface area contributed by atoms with Crippen molar-refractivity contribution in [3.8, 4) is 0 Å². The van der Waals surface area contributed by atoms with Crippen molar-refractivity contribution in [2.24, 2.45) is 0 Å². The Labute approximate surface area is 134 Å². The molecule has 3 nitrogen and oxygen atoms in total. The average molecular weight is 321 g/mol. The quantitative estimate of drug-likeness (QED) is 0.849. The lowest BCUT2D eigenvalue weighted by atomic mass is 10.1. The number of carbonyl (C=O) groups is 1. The number of nitrogens with one attached hydrogen (secondary N) is 2. The van der Waals surface area contributed by atoms with Crippen LogP contribution in [0.5, 0.6) is 0 Å². The largest absolute Gasteiger partial charge is 0.385 e. The second-order valence-electron chi connectivity index (χ2n) is 5.17. The summed E-state index contributed by atoms with van der Waals surface area (Å²) in [5.41, 5.74) is 3.42. The van der Waals surface area contributed by atoms with Gasteiger partial charge in [0.05, 0.1) is 10.7 Å². The molecule has 2 rings (SSSR count). The first-order valence-corrected chi connectivity index (χ1v) is 7.39. The molecule has 0 spiro atoms. The Balaban J connectivity index is 1.87. The number of hydrogen-bond acceptors (Lipinski definition) is 2. The third-order valence-corrected chi connectivity index (χ3v) is 3.52. The summed E-state index contributed by atoms with van der Waals surface area (Å²) in [7, 11) is 0. The second kappa shape index (κ2) is 7.27. The minimum Gasteiger partial charge on any atom is -0.385 e. The Hall–Kier alpha value is -2.07. The number of rotatable bonds is 5. The number of aryl methyl sites for hydroxylation is 2. The van der Waals surface area contributed by atoms with Crippen LogP contribution in [-0.4, -0.2) is 12.5 Å². The van der Waals surface area contributed by atoms with Gasteiger partial charge >= 0.3 is 0 Å². The summed E-state index contributed by atoms with van der Waals surface area (Å²) >= 11 is 6.16. The molecular formula is C17H18ClFN2O. The van der Waals surface area contributed by atoms with Crippen LogP contribution in [0.15, 0.2) is 36.4 Å². The number of benzene rings is 2. The fraction of sp³-hybridized carbons (Fsp3) is 0.235. The molecule has 2 aromatic rings. The van der Waals surface area contributed by atoms with Gasteiger partial charge in [0, 0.05) is 18.7 Å². The molecule has 0 radical (unpaired) electrons. The van der Waals surface area contributed by atoms with Gasteiger partial charge in [0.25, 0.3) is 0 Å². The van der Waals surface area contributed by atoms with Crippen molar-refractivity contribution in [2.45, 2.75) is 20.3 Å². The van der Waals surface area contributed by atoms with Crippen LogP contribution < -0.4 is 10.6 Å². The summed E-state index contributed by atoms with van der Waals surface area (Å²) in [5.74, 6) is -0.406. The van der Waals surface area contributed by atoms with Crippen molar-refractivity contribution in [3.63, 3.8) is 0 Å². The fourth-order valence-electron chi connectivity index (χ4n) is 2.16. The van der Waals surface area contributed by atoms with E-state index in [2.05, 4.69) is 10.6 Å². The molecule has 0 fully saturated rings. The van der Waals surface area contributed by atoms with E-state index in [1.54, 1.807) is 12.1 Å². The van der Waals surface area contributed by atoms with E-state index in [1.807, 2.05) is 26.0 Å². The molecule has 0 aliphatic heterocycles. The lowest BCUT2D eigenvalue weighted by Crippen LogP contribution is -2.17. The molecule has 2 aromatic carbocycles. The van der Waals surface area contributed by atoms with Crippen molar-refractivity contribution in [1.29, 1.82) is 0 Å². The van der Waals surface area contributed by atoms with Gasteiger partial charge in [-0.2, -0.15) is 0 Å². The van der Waals surface area contributed by atoms with Crippen LogP contribution in [0.1, 0.15) is 17.5 Å². The number of amides is 1. The van der Waals surface area contributed by atoms with Gasteiger partial charge in [-0.25, -0.2) is 4.39 Å². The molecule has 0 atom stereocenters. The first-order chi connectivity index (χ1) is 10.5. The van der Waals surface area contributed by atoms with Gasteiger partial charge in [0.15, 0.2) is 0 Å². The highest BCUT2D eigenvalue weighted by Gasteiger charge is 2.09. The van der Waals surface area contributed by atoms with Crippen LogP contribution >= 0.6 is 11.6 Å². The minimum atomic E-state index is -0.284. The van der Waals surface area contributed by atoms with E-state index in [0.717, 1.165) is 16.8 Å². The van der Waals surface area contributed by atoms with Crippen LogP contribution in [0.3, 0.4) is 0 Å². The van der Waals surface area contributed by atoms with Gasteiger partial charge in [-0.1, -0.05) is 17.7 Å².